The highest BCUT2D eigenvalue weighted by atomic mass is 16.3. The van der Waals surface area contributed by atoms with Crippen LogP contribution in [0.2, 0.25) is 0 Å². The molecule has 3 atom stereocenters. The van der Waals surface area contributed by atoms with E-state index in [2.05, 4.69) is 0 Å². The molecule has 186 valence electrons. The zero-order chi connectivity index (χ0) is 25.5. The molecule has 0 amide bonds. The van der Waals surface area contributed by atoms with E-state index in [1.165, 1.54) is 13.3 Å². The minimum Gasteiger partial charge on any atom is -0.510 e. The zero-order valence-electron chi connectivity index (χ0n) is 21.0. The normalized spacial score (nSPS) is 33.4. The fraction of sp³-hybridized carbons (Fsp3) is 0.552. The third kappa shape index (κ3) is 3.04. The van der Waals surface area contributed by atoms with Gasteiger partial charge < -0.3 is 15.3 Å². The van der Waals surface area contributed by atoms with Gasteiger partial charge in [-0.05, 0) is 62.0 Å². The maximum atomic E-state index is 14.2. The van der Waals surface area contributed by atoms with Gasteiger partial charge in [0.1, 0.15) is 17.3 Å². The fourth-order valence-electron chi connectivity index (χ4n) is 7.64. The molecule has 0 spiro atoms. The van der Waals surface area contributed by atoms with E-state index in [-0.39, 0.29) is 35.0 Å². The van der Waals surface area contributed by atoms with E-state index in [0.717, 1.165) is 36.8 Å². The third-order valence-electron chi connectivity index (χ3n) is 9.56. The van der Waals surface area contributed by atoms with E-state index in [1.807, 2.05) is 26.0 Å². The summed E-state index contributed by atoms with van der Waals surface area (Å²) < 4.78 is 0. The summed E-state index contributed by atoms with van der Waals surface area (Å²) >= 11 is 0. The molecule has 0 bridgehead atoms. The Morgan fingerprint density at radius 3 is 2.26 bits per heavy atom. The molecule has 5 rings (SSSR count). The second-order valence-corrected chi connectivity index (χ2v) is 11.9. The number of phenols is 1. The Balaban J connectivity index is 1.71. The topological polar surface area (TPSA) is 112 Å². The highest BCUT2D eigenvalue weighted by molar-refractivity contribution is 6.23. The molecule has 2 fully saturated rings. The molecular formula is C29H34O6. The number of carbonyl (C=O) groups excluding carboxylic acids is 3. The SMILES string of the molecule is CC(=O)C1=C(O)[C@]2(C)C(=O)C3=C(O)c4c(ccc(C5CCCCC5)c4O)C[C@]3(C)C[C@]2(C)CC1=O. The summed E-state index contributed by atoms with van der Waals surface area (Å²) in [4.78, 5) is 39.3. The van der Waals surface area contributed by atoms with Crippen LogP contribution in [-0.4, -0.2) is 32.7 Å². The number of hydrogen-bond donors (Lipinski definition) is 3. The van der Waals surface area contributed by atoms with E-state index in [0.29, 0.717) is 18.4 Å². The maximum Gasteiger partial charge on any atom is 0.177 e. The number of aromatic hydroxyl groups is 1. The van der Waals surface area contributed by atoms with Gasteiger partial charge in [0, 0.05) is 17.4 Å². The molecule has 0 radical (unpaired) electrons. The van der Waals surface area contributed by atoms with Crippen molar-refractivity contribution in [3.05, 3.63) is 45.7 Å². The first-order chi connectivity index (χ1) is 16.4. The number of carbonyl (C=O) groups is 3. The van der Waals surface area contributed by atoms with Gasteiger partial charge in [0.15, 0.2) is 17.3 Å². The molecule has 0 unspecified atom stereocenters. The first kappa shape index (κ1) is 23.8. The van der Waals surface area contributed by atoms with Gasteiger partial charge in [0.05, 0.1) is 16.6 Å². The number of aliphatic hydroxyl groups is 2. The molecule has 4 aliphatic carbocycles. The van der Waals surface area contributed by atoms with Gasteiger partial charge in [-0.1, -0.05) is 45.2 Å². The van der Waals surface area contributed by atoms with Crippen molar-refractivity contribution in [3.8, 4) is 5.75 Å². The lowest BCUT2D eigenvalue weighted by Crippen LogP contribution is -2.59. The molecule has 4 aliphatic rings. The molecule has 0 heterocycles. The van der Waals surface area contributed by atoms with Gasteiger partial charge in [0.25, 0.3) is 0 Å². The number of fused-ring (bicyclic) bond motifs is 3. The Hall–Kier alpha value is -2.89. The zero-order valence-corrected chi connectivity index (χ0v) is 21.0. The molecule has 0 aliphatic heterocycles. The quantitative estimate of drug-likeness (QED) is 0.475. The Bertz CT molecular complexity index is 1250. The van der Waals surface area contributed by atoms with Crippen LogP contribution in [0.1, 0.15) is 95.2 Å². The predicted octanol–water partition coefficient (Wildman–Crippen LogP) is 5.63. The van der Waals surface area contributed by atoms with Crippen molar-refractivity contribution in [2.75, 3.05) is 0 Å². The van der Waals surface area contributed by atoms with Crippen molar-refractivity contribution in [3.63, 3.8) is 0 Å². The Kier molecular flexibility index (Phi) is 5.14. The second kappa shape index (κ2) is 7.55. The van der Waals surface area contributed by atoms with E-state index in [1.54, 1.807) is 6.92 Å². The summed E-state index contributed by atoms with van der Waals surface area (Å²) in [6.45, 7) is 6.51. The van der Waals surface area contributed by atoms with Crippen molar-refractivity contribution in [2.45, 2.75) is 85.0 Å². The molecule has 0 aromatic heterocycles. The lowest BCUT2D eigenvalue weighted by molar-refractivity contribution is -0.144. The van der Waals surface area contributed by atoms with Crippen LogP contribution in [0.5, 0.6) is 5.75 Å². The molecule has 2 saturated carbocycles. The molecular weight excluding hydrogens is 444 g/mol. The highest BCUT2D eigenvalue weighted by Gasteiger charge is 2.66. The average Bonchev–Trinajstić information content (AvgIpc) is 2.76. The van der Waals surface area contributed by atoms with Crippen LogP contribution < -0.4 is 0 Å². The van der Waals surface area contributed by atoms with Gasteiger partial charge in [0.2, 0.25) is 0 Å². The van der Waals surface area contributed by atoms with Crippen molar-refractivity contribution in [1.29, 1.82) is 0 Å². The molecule has 35 heavy (non-hydrogen) atoms. The Morgan fingerprint density at radius 2 is 1.63 bits per heavy atom. The number of Topliss-reactive ketones (excluding diaryl/α,β-unsaturated/α-hetero) is 3. The van der Waals surface area contributed by atoms with Gasteiger partial charge in [-0.2, -0.15) is 0 Å². The lowest BCUT2D eigenvalue weighted by Gasteiger charge is -2.57. The van der Waals surface area contributed by atoms with Crippen molar-refractivity contribution < 1.29 is 29.7 Å². The van der Waals surface area contributed by atoms with Crippen LogP contribution in [0, 0.1) is 16.2 Å². The molecule has 0 saturated heterocycles. The average molecular weight is 479 g/mol. The monoisotopic (exact) mass is 478 g/mol. The largest absolute Gasteiger partial charge is 0.510 e. The molecule has 1 aromatic rings. The van der Waals surface area contributed by atoms with E-state index in [4.69, 9.17) is 0 Å². The third-order valence-corrected chi connectivity index (χ3v) is 9.56. The van der Waals surface area contributed by atoms with Gasteiger partial charge >= 0.3 is 0 Å². The predicted molar refractivity (Wildman–Crippen MR) is 131 cm³/mol. The number of allylic oxidation sites excluding steroid dienone is 3. The van der Waals surface area contributed by atoms with E-state index >= 15 is 0 Å². The Morgan fingerprint density at radius 1 is 0.971 bits per heavy atom. The summed E-state index contributed by atoms with van der Waals surface area (Å²) in [7, 11) is 0. The van der Waals surface area contributed by atoms with E-state index < -0.39 is 39.4 Å². The summed E-state index contributed by atoms with van der Waals surface area (Å²) in [5.74, 6) is -1.99. The minimum absolute atomic E-state index is 0.0312. The van der Waals surface area contributed by atoms with Gasteiger partial charge in [-0.25, -0.2) is 0 Å². The lowest BCUT2D eigenvalue weighted by atomic mass is 9.43. The van der Waals surface area contributed by atoms with Crippen LogP contribution in [0.3, 0.4) is 0 Å². The minimum atomic E-state index is -1.53. The van der Waals surface area contributed by atoms with Crippen LogP contribution in [0.4, 0.5) is 0 Å². The number of ketones is 3. The summed E-state index contributed by atoms with van der Waals surface area (Å²) in [5.41, 5.74) is -1.49. The first-order valence-corrected chi connectivity index (χ1v) is 12.7. The molecule has 6 nitrogen and oxygen atoms in total. The summed E-state index contributed by atoms with van der Waals surface area (Å²) in [5, 5.41) is 34.1. The van der Waals surface area contributed by atoms with Crippen LogP contribution in [0.15, 0.2) is 29.0 Å². The smallest absolute Gasteiger partial charge is 0.177 e. The van der Waals surface area contributed by atoms with Gasteiger partial charge in [-0.15, -0.1) is 0 Å². The molecule has 6 heteroatoms. The van der Waals surface area contributed by atoms with Crippen LogP contribution >= 0.6 is 0 Å². The standard InChI is InChI=1S/C29H34O6/c1-15(30)20-19(31)13-28(3)14-27(2)12-17-10-11-18(16-8-6-5-7-9-16)23(32)21(17)24(33)22(27)26(35)29(28,4)25(20)34/h10-11,16,32-34H,5-9,12-14H2,1-4H3/t27-,28+,29-/m1/s1. The first-order valence-electron chi connectivity index (χ1n) is 12.7. The fourth-order valence-corrected chi connectivity index (χ4v) is 7.64. The van der Waals surface area contributed by atoms with E-state index in [9.17, 15) is 29.7 Å². The van der Waals surface area contributed by atoms with Crippen LogP contribution in [-0.2, 0) is 20.8 Å². The van der Waals surface area contributed by atoms with Crippen LogP contribution in [0.25, 0.3) is 5.76 Å². The summed E-state index contributed by atoms with van der Waals surface area (Å²) in [6.07, 6.45) is 6.12. The number of benzene rings is 1. The van der Waals surface area contributed by atoms with Gasteiger partial charge in [-0.3, -0.25) is 14.4 Å². The molecule has 1 aromatic carbocycles. The highest BCUT2D eigenvalue weighted by Crippen LogP contribution is 2.66. The number of hydrogen-bond acceptors (Lipinski definition) is 6. The number of rotatable bonds is 2. The van der Waals surface area contributed by atoms with Crippen molar-refractivity contribution in [1.82, 2.24) is 0 Å². The number of phenolic OH excluding ortho intramolecular Hbond substituents is 1. The maximum absolute atomic E-state index is 14.2. The number of aliphatic hydroxyl groups excluding tert-OH is 2. The molecule has 3 N–H and O–H groups in total. The summed E-state index contributed by atoms with van der Waals surface area (Å²) in [6, 6.07) is 3.91. The Labute approximate surface area is 205 Å². The van der Waals surface area contributed by atoms with Crippen molar-refractivity contribution >= 4 is 23.1 Å². The van der Waals surface area contributed by atoms with Crippen molar-refractivity contribution in [2.24, 2.45) is 16.2 Å². The second-order valence-electron chi connectivity index (χ2n) is 11.9.